The van der Waals surface area contributed by atoms with Crippen LogP contribution in [0.15, 0.2) is 0 Å². The van der Waals surface area contributed by atoms with Crippen molar-refractivity contribution < 1.29 is 14.5 Å². The van der Waals surface area contributed by atoms with Crippen LogP contribution in [0.1, 0.15) is 0 Å². The van der Waals surface area contributed by atoms with Gasteiger partial charge in [0.05, 0.1) is 24.8 Å². The van der Waals surface area contributed by atoms with Gasteiger partial charge >= 0.3 is 5.97 Å². The van der Waals surface area contributed by atoms with Crippen molar-refractivity contribution in [1.29, 1.82) is 0 Å². The normalized spacial score (nSPS) is 12.2. The summed E-state index contributed by atoms with van der Waals surface area (Å²) < 4.78 is -0.750. The third kappa shape index (κ3) is 8.64. The number of carbonyl (C=O) groups is 1. The highest BCUT2D eigenvalue weighted by atomic mass is 35.5. The van der Waals surface area contributed by atoms with Crippen LogP contribution in [-0.2, 0) is 4.79 Å². The SMILES string of the molecule is Cl.Cl.NC(C[N+]([O-])(CCCl)CCCl)C(=O)O. The summed E-state index contributed by atoms with van der Waals surface area (Å²) in [5, 5.41) is 20.4. The Labute approximate surface area is 117 Å². The minimum absolute atomic E-state index is 0. The molecule has 0 aliphatic rings. The molecule has 1 atom stereocenters. The quantitative estimate of drug-likeness (QED) is 0.417. The highest BCUT2D eigenvalue weighted by molar-refractivity contribution is 6.18. The molecule has 0 radical (unpaired) electrons. The zero-order valence-electron chi connectivity index (χ0n) is 8.47. The number of hydrogen-bond acceptors (Lipinski definition) is 3. The summed E-state index contributed by atoms with van der Waals surface area (Å²) in [6.45, 7) is 0.0410. The van der Waals surface area contributed by atoms with Crippen molar-refractivity contribution in [1.82, 2.24) is 0 Å². The fourth-order valence-electron chi connectivity index (χ4n) is 1.04. The van der Waals surface area contributed by atoms with E-state index in [2.05, 4.69) is 0 Å². The molecule has 0 amide bonds. The van der Waals surface area contributed by atoms with Crippen LogP contribution in [0.25, 0.3) is 0 Å². The molecule has 1 unspecified atom stereocenters. The molecule has 0 aromatic heterocycles. The molecule has 0 saturated carbocycles. The van der Waals surface area contributed by atoms with Crippen LogP contribution in [0.2, 0.25) is 0 Å². The number of carboxylic acids is 1. The summed E-state index contributed by atoms with van der Waals surface area (Å²) in [4.78, 5) is 10.4. The maximum atomic E-state index is 11.8. The summed E-state index contributed by atoms with van der Waals surface area (Å²) in [7, 11) is 0. The number of hydrogen-bond donors (Lipinski definition) is 2. The number of hydroxylamine groups is 3. The maximum Gasteiger partial charge on any atom is 0.326 e. The van der Waals surface area contributed by atoms with Gasteiger partial charge in [0, 0.05) is 0 Å². The van der Waals surface area contributed by atoms with Gasteiger partial charge in [-0.3, -0.25) is 4.79 Å². The fourth-order valence-corrected chi connectivity index (χ4v) is 1.66. The molecule has 0 aromatic rings. The molecule has 5 nitrogen and oxygen atoms in total. The second-order valence-corrected chi connectivity index (χ2v) is 3.77. The van der Waals surface area contributed by atoms with Crippen molar-refractivity contribution in [2.45, 2.75) is 6.04 Å². The van der Waals surface area contributed by atoms with Crippen LogP contribution in [0.5, 0.6) is 0 Å². The van der Waals surface area contributed by atoms with Crippen LogP contribution >= 0.6 is 48.0 Å². The highest BCUT2D eigenvalue weighted by Gasteiger charge is 2.24. The Kier molecular flexibility index (Phi) is 14.5. The average molecular weight is 318 g/mol. The molecule has 0 saturated heterocycles. The molecule has 16 heavy (non-hydrogen) atoms. The van der Waals surface area contributed by atoms with Gasteiger partial charge in [-0.15, -0.1) is 48.0 Å². The van der Waals surface area contributed by atoms with E-state index < -0.39 is 16.7 Å². The van der Waals surface area contributed by atoms with Crippen molar-refractivity contribution in [3.63, 3.8) is 0 Å². The molecular weight excluding hydrogens is 302 g/mol. The summed E-state index contributed by atoms with van der Waals surface area (Å²) in [5.41, 5.74) is 5.26. The minimum Gasteiger partial charge on any atom is -0.633 e. The Morgan fingerprint density at radius 2 is 1.69 bits per heavy atom. The first kappa shape index (κ1) is 21.8. The van der Waals surface area contributed by atoms with E-state index in [4.69, 9.17) is 34.0 Å². The first-order chi connectivity index (χ1) is 6.45. The lowest BCUT2D eigenvalue weighted by molar-refractivity contribution is -0.876. The van der Waals surface area contributed by atoms with Crippen LogP contribution in [0, 0.1) is 5.21 Å². The molecule has 3 N–H and O–H groups in total. The lowest BCUT2D eigenvalue weighted by Crippen LogP contribution is -2.54. The number of nitrogens with two attached hydrogens (primary N) is 1. The second-order valence-electron chi connectivity index (χ2n) is 3.01. The van der Waals surface area contributed by atoms with Gasteiger partial charge in [0.25, 0.3) is 0 Å². The zero-order valence-corrected chi connectivity index (χ0v) is 11.6. The van der Waals surface area contributed by atoms with Gasteiger partial charge in [0.15, 0.2) is 6.04 Å². The number of halogens is 4. The molecule has 0 aliphatic heterocycles. The van der Waals surface area contributed by atoms with E-state index in [1.54, 1.807) is 0 Å². The summed E-state index contributed by atoms with van der Waals surface area (Å²) in [6.07, 6.45) is 0. The summed E-state index contributed by atoms with van der Waals surface area (Å²) in [6, 6.07) is -1.17. The molecular formula is C7H16Cl4N2O3. The molecule has 0 bridgehead atoms. The molecule has 9 heteroatoms. The van der Waals surface area contributed by atoms with Gasteiger partial charge in [-0.1, -0.05) is 0 Å². The predicted octanol–water partition coefficient (Wildman–Crippen LogP) is 1.03. The average Bonchev–Trinajstić information content (AvgIpc) is 2.04. The standard InChI is InChI=1S/C7H14Cl2N2O3.2ClH/c8-1-3-11(14,4-2-9)5-6(10)7(12)13;;/h6H,1-5,10H2,(H,12,13);2*1H. The maximum absolute atomic E-state index is 11.8. The molecule has 0 heterocycles. The first-order valence-electron chi connectivity index (χ1n) is 4.12. The third-order valence-corrected chi connectivity index (χ3v) is 2.17. The van der Waals surface area contributed by atoms with E-state index in [0.717, 1.165) is 0 Å². The zero-order chi connectivity index (χ0) is 11.2. The predicted molar refractivity (Wildman–Crippen MR) is 69.8 cm³/mol. The van der Waals surface area contributed by atoms with E-state index in [1.807, 2.05) is 0 Å². The summed E-state index contributed by atoms with van der Waals surface area (Å²) in [5.74, 6) is -0.869. The monoisotopic (exact) mass is 316 g/mol. The Hall–Kier alpha value is 0.510. The molecule has 0 rings (SSSR count). The Morgan fingerprint density at radius 1 is 1.31 bits per heavy atom. The minimum atomic E-state index is -1.19. The number of alkyl halides is 2. The number of rotatable bonds is 7. The van der Waals surface area contributed by atoms with E-state index >= 15 is 0 Å². The second kappa shape index (κ2) is 10.7. The molecule has 0 fully saturated rings. The van der Waals surface area contributed by atoms with Crippen LogP contribution < -0.4 is 5.73 Å². The van der Waals surface area contributed by atoms with E-state index in [1.165, 1.54) is 0 Å². The van der Waals surface area contributed by atoms with Gasteiger partial charge in [0.1, 0.15) is 6.54 Å². The fraction of sp³-hybridized carbons (Fsp3) is 0.857. The van der Waals surface area contributed by atoms with Crippen molar-refractivity contribution in [2.24, 2.45) is 5.73 Å². The largest absolute Gasteiger partial charge is 0.633 e. The van der Waals surface area contributed by atoms with Crippen LogP contribution in [0.4, 0.5) is 0 Å². The lowest BCUT2D eigenvalue weighted by Gasteiger charge is -2.42. The Balaban J connectivity index is -0.000000845. The topological polar surface area (TPSA) is 86.4 Å². The van der Waals surface area contributed by atoms with Gasteiger partial charge in [-0.2, -0.15) is 0 Å². The van der Waals surface area contributed by atoms with Crippen molar-refractivity contribution in [3.05, 3.63) is 5.21 Å². The number of carboxylic acid groups (broad SMARTS) is 1. The Morgan fingerprint density at radius 3 is 1.94 bits per heavy atom. The lowest BCUT2D eigenvalue weighted by atomic mass is 10.3. The highest BCUT2D eigenvalue weighted by Crippen LogP contribution is 2.07. The van der Waals surface area contributed by atoms with Crippen LogP contribution in [0.3, 0.4) is 0 Å². The number of quaternary nitrogens is 1. The third-order valence-electron chi connectivity index (χ3n) is 1.83. The van der Waals surface area contributed by atoms with Gasteiger partial charge in [-0.05, 0) is 0 Å². The molecule has 0 aromatic carbocycles. The van der Waals surface area contributed by atoms with Crippen LogP contribution in [-0.4, -0.2) is 53.2 Å². The molecule has 0 aliphatic carbocycles. The molecule has 0 spiro atoms. The first-order valence-corrected chi connectivity index (χ1v) is 5.19. The van der Waals surface area contributed by atoms with E-state index in [0.29, 0.717) is 0 Å². The molecule has 100 valence electrons. The number of aliphatic carboxylic acids is 1. The van der Waals surface area contributed by atoms with Crippen molar-refractivity contribution >= 4 is 54.0 Å². The van der Waals surface area contributed by atoms with Crippen molar-refractivity contribution in [2.75, 3.05) is 31.4 Å². The Bertz CT molecular complexity index is 190. The smallest absolute Gasteiger partial charge is 0.326 e. The van der Waals surface area contributed by atoms with Gasteiger partial charge in [-0.25, -0.2) is 0 Å². The van der Waals surface area contributed by atoms with E-state index in [9.17, 15) is 10.0 Å². The van der Waals surface area contributed by atoms with Gasteiger partial charge in [0.2, 0.25) is 0 Å². The van der Waals surface area contributed by atoms with E-state index in [-0.39, 0.29) is 56.2 Å². The summed E-state index contributed by atoms with van der Waals surface area (Å²) >= 11 is 10.9. The van der Waals surface area contributed by atoms with Crippen molar-refractivity contribution in [3.8, 4) is 0 Å². The number of nitrogens with zero attached hydrogens (tertiary/aromatic N) is 1. The van der Waals surface area contributed by atoms with Gasteiger partial charge < -0.3 is 20.7 Å².